The van der Waals surface area contributed by atoms with E-state index >= 15 is 0 Å². The predicted octanol–water partition coefficient (Wildman–Crippen LogP) is 0.719. The van der Waals surface area contributed by atoms with Crippen LogP contribution in [0.5, 0.6) is 0 Å². The summed E-state index contributed by atoms with van der Waals surface area (Å²) in [5.41, 5.74) is 0. The second kappa shape index (κ2) is 5.80. The van der Waals surface area contributed by atoms with Crippen LogP contribution in [0.2, 0.25) is 0 Å². The van der Waals surface area contributed by atoms with Gasteiger partial charge in [0, 0.05) is 26.1 Å². The van der Waals surface area contributed by atoms with Gasteiger partial charge in [0.1, 0.15) is 9.77 Å². The standard InChI is InChI=1S/C10H11BrN2O5S2/c11-9-7(5-6(19-9)10(15)16)20(17,18)13-3-1-8(14)12-2-4-13/h5H,1-4H2,(H,12,14)(H,15,16). The minimum absolute atomic E-state index is 0.0560. The molecular formula is C10H11BrN2O5S2. The van der Waals surface area contributed by atoms with Crippen LogP contribution in [-0.2, 0) is 14.8 Å². The molecule has 1 amide bonds. The highest BCUT2D eigenvalue weighted by molar-refractivity contribution is 9.11. The van der Waals surface area contributed by atoms with Crippen LogP contribution in [0, 0.1) is 0 Å². The Bertz CT molecular complexity index is 655. The lowest BCUT2D eigenvalue weighted by Crippen LogP contribution is -2.34. The lowest BCUT2D eigenvalue weighted by atomic mass is 10.4. The molecule has 0 bridgehead atoms. The first-order chi connectivity index (χ1) is 9.32. The highest BCUT2D eigenvalue weighted by Gasteiger charge is 2.30. The van der Waals surface area contributed by atoms with Gasteiger partial charge in [-0.05, 0) is 22.0 Å². The van der Waals surface area contributed by atoms with Crippen LogP contribution in [0.1, 0.15) is 16.1 Å². The molecule has 0 spiro atoms. The highest BCUT2D eigenvalue weighted by Crippen LogP contribution is 2.33. The van der Waals surface area contributed by atoms with Crippen molar-refractivity contribution >= 4 is 49.2 Å². The van der Waals surface area contributed by atoms with Gasteiger partial charge in [-0.2, -0.15) is 4.31 Å². The molecule has 1 aliphatic heterocycles. The molecular weight excluding hydrogens is 372 g/mol. The van der Waals surface area contributed by atoms with E-state index in [0.29, 0.717) is 0 Å². The number of carboxylic acid groups (broad SMARTS) is 1. The number of carbonyl (C=O) groups is 2. The molecule has 1 fully saturated rings. The summed E-state index contributed by atoms with van der Waals surface area (Å²) < 4.78 is 26.4. The van der Waals surface area contributed by atoms with E-state index in [1.165, 1.54) is 4.31 Å². The molecule has 20 heavy (non-hydrogen) atoms. The van der Waals surface area contributed by atoms with Crippen LogP contribution in [0.15, 0.2) is 14.7 Å². The Morgan fingerprint density at radius 1 is 1.45 bits per heavy atom. The molecule has 1 aliphatic rings. The number of thiophene rings is 1. The molecule has 2 heterocycles. The largest absolute Gasteiger partial charge is 0.477 e. The highest BCUT2D eigenvalue weighted by atomic mass is 79.9. The van der Waals surface area contributed by atoms with Crippen LogP contribution >= 0.6 is 27.3 Å². The molecule has 1 aromatic heterocycles. The van der Waals surface area contributed by atoms with Gasteiger partial charge in [-0.15, -0.1) is 11.3 Å². The molecule has 0 radical (unpaired) electrons. The maximum Gasteiger partial charge on any atom is 0.345 e. The second-order valence-corrected chi connectivity index (χ2v) is 8.33. The molecule has 1 saturated heterocycles. The molecule has 10 heteroatoms. The number of nitrogens with one attached hydrogen (secondary N) is 1. The summed E-state index contributed by atoms with van der Waals surface area (Å²) in [7, 11) is -3.81. The number of halogens is 1. The molecule has 0 aromatic carbocycles. The number of hydrogen-bond acceptors (Lipinski definition) is 5. The first-order valence-corrected chi connectivity index (χ1v) is 8.67. The molecule has 0 saturated carbocycles. The van der Waals surface area contributed by atoms with Crippen molar-refractivity contribution in [1.82, 2.24) is 9.62 Å². The van der Waals surface area contributed by atoms with Crippen molar-refractivity contribution in [3.05, 3.63) is 14.7 Å². The van der Waals surface area contributed by atoms with Gasteiger partial charge in [-0.1, -0.05) is 0 Å². The Morgan fingerprint density at radius 2 is 2.15 bits per heavy atom. The Balaban J connectivity index is 2.34. The van der Waals surface area contributed by atoms with E-state index in [9.17, 15) is 18.0 Å². The lowest BCUT2D eigenvalue weighted by molar-refractivity contribution is -0.120. The number of hydrogen-bond donors (Lipinski definition) is 2. The summed E-state index contributed by atoms with van der Waals surface area (Å²) in [6, 6.07) is 1.13. The van der Waals surface area contributed by atoms with Crippen LogP contribution in [0.3, 0.4) is 0 Å². The third-order valence-corrected chi connectivity index (χ3v) is 6.89. The summed E-state index contributed by atoms with van der Waals surface area (Å²) >= 11 is 3.93. The third kappa shape index (κ3) is 3.03. The number of rotatable bonds is 3. The van der Waals surface area contributed by atoms with E-state index in [1.54, 1.807) is 0 Å². The average Bonchev–Trinajstić information content (AvgIpc) is 2.62. The zero-order valence-corrected chi connectivity index (χ0v) is 13.3. The van der Waals surface area contributed by atoms with Crippen molar-refractivity contribution < 1.29 is 23.1 Å². The van der Waals surface area contributed by atoms with Crippen molar-refractivity contribution in [2.75, 3.05) is 19.6 Å². The first kappa shape index (κ1) is 15.4. The van der Waals surface area contributed by atoms with Gasteiger partial charge in [0.25, 0.3) is 0 Å². The molecule has 1 aromatic rings. The fourth-order valence-corrected chi connectivity index (χ4v) is 5.55. The molecule has 0 atom stereocenters. The Morgan fingerprint density at radius 3 is 2.75 bits per heavy atom. The van der Waals surface area contributed by atoms with Crippen molar-refractivity contribution in [3.63, 3.8) is 0 Å². The Hall–Kier alpha value is -0.970. The van der Waals surface area contributed by atoms with E-state index in [4.69, 9.17) is 5.11 Å². The number of carbonyl (C=O) groups excluding carboxylic acids is 1. The van der Waals surface area contributed by atoms with Crippen LogP contribution in [-0.4, -0.2) is 49.3 Å². The molecule has 110 valence electrons. The Kier molecular flexibility index (Phi) is 4.47. The van der Waals surface area contributed by atoms with Gasteiger partial charge in [0.15, 0.2) is 0 Å². The van der Waals surface area contributed by atoms with Gasteiger partial charge in [-0.3, -0.25) is 4.79 Å². The van der Waals surface area contributed by atoms with Crippen molar-refractivity contribution in [1.29, 1.82) is 0 Å². The first-order valence-electron chi connectivity index (χ1n) is 5.62. The maximum absolute atomic E-state index is 12.5. The van der Waals surface area contributed by atoms with Crippen molar-refractivity contribution in [2.45, 2.75) is 11.3 Å². The van der Waals surface area contributed by atoms with Gasteiger partial charge in [0.05, 0.1) is 3.79 Å². The van der Waals surface area contributed by atoms with E-state index < -0.39 is 16.0 Å². The molecule has 2 rings (SSSR count). The fraction of sp³-hybridized carbons (Fsp3) is 0.400. The molecule has 0 aliphatic carbocycles. The predicted molar refractivity (Wildman–Crippen MR) is 75.4 cm³/mol. The number of amides is 1. The lowest BCUT2D eigenvalue weighted by Gasteiger charge is -2.18. The SMILES string of the molecule is O=C1CCN(S(=O)(=O)c2cc(C(=O)O)sc2Br)CCN1. The zero-order valence-electron chi connectivity index (χ0n) is 10.1. The zero-order chi connectivity index (χ0) is 14.9. The third-order valence-electron chi connectivity index (χ3n) is 2.76. The maximum atomic E-state index is 12.5. The number of aromatic carboxylic acids is 1. The average molecular weight is 383 g/mol. The fourth-order valence-electron chi connectivity index (χ4n) is 1.76. The van der Waals surface area contributed by atoms with Gasteiger partial charge >= 0.3 is 5.97 Å². The van der Waals surface area contributed by atoms with Crippen molar-refractivity contribution in [3.8, 4) is 0 Å². The molecule has 7 nitrogen and oxygen atoms in total. The summed E-state index contributed by atoms with van der Waals surface area (Å²) in [6.07, 6.45) is 0.0901. The Labute approximate surface area is 127 Å². The van der Waals surface area contributed by atoms with E-state index in [1.807, 2.05) is 0 Å². The topological polar surface area (TPSA) is 104 Å². The summed E-state index contributed by atoms with van der Waals surface area (Å²) in [5.74, 6) is -1.37. The van der Waals surface area contributed by atoms with E-state index in [2.05, 4.69) is 21.2 Å². The smallest absolute Gasteiger partial charge is 0.345 e. The molecule has 2 N–H and O–H groups in total. The summed E-state index contributed by atoms with van der Waals surface area (Å²) in [4.78, 5) is 22.0. The van der Waals surface area contributed by atoms with Crippen LogP contribution in [0.25, 0.3) is 0 Å². The van der Waals surface area contributed by atoms with E-state index in [0.717, 1.165) is 17.4 Å². The van der Waals surface area contributed by atoms with Crippen LogP contribution in [0.4, 0.5) is 0 Å². The van der Waals surface area contributed by atoms with Gasteiger partial charge < -0.3 is 10.4 Å². The number of carboxylic acids is 1. The summed E-state index contributed by atoms with van der Waals surface area (Å²) in [6.45, 7) is 0.489. The monoisotopic (exact) mass is 382 g/mol. The summed E-state index contributed by atoms with van der Waals surface area (Å²) in [5, 5.41) is 11.5. The van der Waals surface area contributed by atoms with E-state index in [-0.39, 0.29) is 45.5 Å². The minimum atomic E-state index is -3.81. The second-order valence-electron chi connectivity index (χ2n) is 4.06. The minimum Gasteiger partial charge on any atom is -0.477 e. The normalized spacial score (nSPS) is 17.6. The van der Waals surface area contributed by atoms with Gasteiger partial charge in [0.2, 0.25) is 15.9 Å². The van der Waals surface area contributed by atoms with Gasteiger partial charge in [-0.25, -0.2) is 13.2 Å². The molecule has 0 unspecified atom stereocenters. The number of sulfonamides is 1. The quantitative estimate of drug-likeness (QED) is 0.801. The van der Waals surface area contributed by atoms with Crippen LogP contribution < -0.4 is 5.32 Å². The number of nitrogens with zero attached hydrogens (tertiary/aromatic N) is 1. The van der Waals surface area contributed by atoms with Crippen molar-refractivity contribution in [2.24, 2.45) is 0 Å².